The molecule has 2 atom stereocenters. The molecular formula is C10H22O3. The normalized spacial score (nSPS) is 17.5. The van der Waals surface area contributed by atoms with E-state index in [1.54, 1.807) is 7.11 Å². The van der Waals surface area contributed by atoms with Gasteiger partial charge in [0.1, 0.15) is 0 Å². The Bertz CT molecular complexity index is 143. The minimum atomic E-state index is -0.630. The van der Waals surface area contributed by atoms with Crippen LogP contribution in [0, 0.1) is 5.92 Å². The Hall–Kier alpha value is -0.120. The highest BCUT2D eigenvalue weighted by atomic mass is 16.5. The predicted octanol–water partition coefficient (Wildman–Crippen LogP) is 1.18. The molecule has 3 heteroatoms. The van der Waals surface area contributed by atoms with Gasteiger partial charge in [-0.05, 0) is 19.8 Å². The predicted molar refractivity (Wildman–Crippen MR) is 52.6 cm³/mol. The summed E-state index contributed by atoms with van der Waals surface area (Å²) < 4.78 is 5.12. The fourth-order valence-corrected chi connectivity index (χ4v) is 0.921. The molecular weight excluding hydrogens is 168 g/mol. The molecule has 0 fully saturated rings. The average Bonchev–Trinajstić information content (AvgIpc) is 2.04. The van der Waals surface area contributed by atoms with Crippen molar-refractivity contribution in [1.29, 1.82) is 0 Å². The molecule has 0 saturated carbocycles. The first-order chi connectivity index (χ1) is 5.81. The minimum Gasteiger partial charge on any atom is -0.393 e. The zero-order valence-electron chi connectivity index (χ0n) is 9.24. The third kappa shape index (κ3) is 4.07. The molecule has 0 radical (unpaired) electrons. The lowest BCUT2D eigenvalue weighted by atomic mass is 9.92. The van der Waals surface area contributed by atoms with Crippen molar-refractivity contribution in [1.82, 2.24) is 0 Å². The van der Waals surface area contributed by atoms with Crippen molar-refractivity contribution in [3.05, 3.63) is 0 Å². The Morgan fingerprint density at radius 2 is 1.69 bits per heavy atom. The Kier molecular flexibility index (Phi) is 4.89. The zero-order chi connectivity index (χ0) is 10.6. The first kappa shape index (κ1) is 12.9. The van der Waals surface area contributed by atoms with Crippen LogP contribution < -0.4 is 0 Å². The Morgan fingerprint density at radius 1 is 1.23 bits per heavy atom. The second-order valence-electron chi connectivity index (χ2n) is 4.37. The molecule has 3 nitrogen and oxygen atoms in total. The Labute approximate surface area is 80.7 Å². The number of aliphatic hydroxyl groups is 2. The molecule has 0 bridgehead atoms. The summed E-state index contributed by atoms with van der Waals surface area (Å²) in [5.74, 6) is 0.169. The van der Waals surface area contributed by atoms with Crippen molar-refractivity contribution in [2.45, 2.75) is 51.9 Å². The van der Waals surface area contributed by atoms with E-state index < -0.39 is 17.8 Å². The van der Waals surface area contributed by atoms with Crippen LogP contribution in [0.25, 0.3) is 0 Å². The van der Waals surface area contributed by atoms with E-state index >= 15 is 0 Å². The highest BCUT2D eigenvalue weighted by molar-refractivity contribution is 4.81. The molecule has 0 aliphatic rings. The molecule has 0 aliphatic heterocycles. The Morgan fingerprint density at radius 3 is 2.00 bits per heavy atom. The SMILES string of the molecule is COC(C)(C)C(O)CC(O)C(C)C. The van der Waals surface area contributed by atoms with Crippen LogP contribution >= 0.6 is 0 Å². The van der Waals surface area contributed by atoms with Crippen LogP contribution in [-0.2, 0) is 4.74 Å². The van der Waals surface area contributed by atoms with Crippen LogP contribution in [0.5, 0.6) is 0 Å². The van der Waals surface area contributed by atoms with Gasteiger partial charge in [0, 0.05) is 13.5 Å². The molecule has 13 heavy (non-hydrogen) atoms. The van der Waals surface area contributed by atoms with Crippen molar-refractivity contribution in [2.75, 3.05) is 7.11 Å². The fourth-order valence-electron chi connectivity index (χ4n) is 0.921. The summed E-state index contributed by atoms with van der Waals surface area (Å²) in [7, 11) is 1.56. The van der Waals surface area contributed by atoms with Gasteiger partial charge in [-0.1, -0.05) is 13.8 Å². The van der Waals surface area contributed by atoms with Crippen LogP contribution in [0.15, 0.2) is 0 Å². The van der Waals surface area contributed by atoms with Crippen LogP contribution in [0.1, 0.15) is 34.1 Å². The van der Waals surface area contributed by atoms with E-state index in [0.29, 0.717) is 6.42 Å². The van der Waals surface area contributed by atoms with Gasteiger partial charge >= 0.3 is 0 Å². The smallest absolute Gasteiger partial charge is 0.0881 e. The summed E-state index contributed by atoms with van der Waals surface area (Å²) in [6, 6.07) is 0. The summed E-state index contributed by atoms with van der Waals surface area (Å²) in [6.45, 7) is 7.48. The molecule has 0 aromatic rings. The Balaban J connectivity index is 4.06. The summed E-state index contributed by atoms with van der Waals surface area (Å²) in [5.41, 5.74) is -0.587. The summed E-state index contributed by atoms with van der Waals surface area (Å²) in [4.78, 5) is 0. The number of rotatable bonds is 5. The molecule has 80 valence electrons. The largest absolute Gasteiger partial charge is 0.393 e. The minimum absolute atomic E-state index is 0.169. The zero-order valence-corrected chi connectivity index (χ0v) is 9.24. The van der Waals surface area contributed by atoms with Crippen molar-refractivity contribution >= 4 is 0 Å². The van der Waals surface area contributed by atoms with Crippen molar-refractivity contribution in [3.8, 4) is 0 Å². The number of ether oxygens (including phenoxy) is 1. The molecule has 0 saturated heterocycles. The van der Waals surface area contributed by atoms with Gasteiger partial charge in [0.15, 0.2) is 0 Å². The van der Waals surface area contributed by atoms with Crippen LogP contribution in [-0.4, -0.2) is 35.1 Å². The molecule has 0 amide bonds. The average molecular weight is 190 g/mol. The monoisotopic (exact) mass is 190 g/mol. The molecule has 0 heterocycles. The molecule has 0 spiro atoms. The van der Waals surface area contributed by atoms with Gasteiger partial charge in [-0.25, -0.2) is 0 Å². The first-order valence-corrected chi connectivity index (χ1v) is 4.72. The van der Waals surface area contributed by atoms with Crippen molar-refractivity contribution in [3.63, 3.8) is 0 Å². The molecule has 0 aliphatic carbocycles. The van der Waals surface area contributed by atoms with Crippen LogP contribution in [0.3, 0.4) is 0 Å². The van der Waals surface area contributed by atoms with E-state index in [1.807, 2.05) is 27.7 Å². The third-order valence-electron chi connectivity index (χ3n) is 2.56. The van der Waals surface area contributed by atoms with Crippen molar-refractivity contribution in [2.24, 2.45) is 5.92 Å². The quantitative estimate of drug-likeness (QED) is 0.684. The van der Waals surface area contributed by atoms with E-state index in [9.17, 15) is 10.2 Å². The van der Waals surface area contributed by atoms with Crippen molar-refractivity contribution < 1.29 is 14.9 Å². The van der Waals surface area contributed by atoms with E-state index in [4.69, 9.17) is 4.74 Å². The molecule has 0 aromatic heterocycles. The van der Waals surface area contributed by atoms with Gasteiger partial charge in [-0.3, -0.25) is 0 Å². The maximum atomic E-state index is 9.71. The summed E-state index contributed by atoms with van der Waals surface area (Å²) in [6.07, 6.45) is -0.738. The van der Waals surface area contributed by atoms with Gasteiger partial charge in [-0.15, -0.1) is 0 Å². The molecule has 2 unspecified atom stereocenters. The number of aliphatic hydroxyl groups excluding tert-OH is 2. The first-order valence-electron chi connectivity index (χ1n) is 4.72. The second kappa shape index (κ2) is 4.94. The topological polar surface area (TPSA) is 49.7 Å². The molecule has 2 N–H and O–H groups in total. The van der Waals surface area contributed by atoms with E-state index in [2.05, 4.69) is 0 Å². The maximum Gasteiger partial charge on any atom is 0.0881 e. The number of methoxy groups -OCH3 is 1. The number of hydrogen-bond acceptors (Lipinski definition) is 3. The lowest BCUT2D eigenvalue weighted by molar-refractivity contribution is -0.0959. The van der Waals surface area contributed by atoms with Gasteiger partial charge in [0.2, 0.25) is 0 Å². The van der Waals surface area contributed by atoms with E-state index in [1.165, 1.54) is 0 Å². The van der Waals surface area contributed by atoms with Crippen LogP contribution in [0.2, 0.25) is 0 Å². The third-order valence-corrected chi connectivity index (χ3v) is 2.56. The number of hydrogen-bond donors (Lipinski definition) is 2. The van der Waals surface area contributed by atoms with Gasteiger partial charge in [-0.2, -0.15) is 0 Å². The maximum absolute atomic E-state index is 9.71. The lowest BCUT2D eigenvalue weighted by Crippen LogP contribution is -2.41. The molecule has 0 rings (SSSR count). The van der Waals surface area contributed by atoms with Gasteiger partial charge < -0.3 is 14.9 Å². The lowest BCUT2D eigenvalue weighted by Gasteiger charge is -2.31. The molecule has 0 aromatic carbocycles. The second-order valence-corrected chi connectivity index (χ2v) is 4.37. The van der Waals surface area contributed by atoms with Gasteiger partial charge in [0.05, 0.1) is 17.8 Å². The van der Waals surface area contributed by atoms with E-state index in [0.717, 1.165) is 0 Å². The van der Waals surface area contributed by atoms with Crippen LogP contribution in [0.4, 0.5) is 0 Å². The summed E-state index contributed by atoms with van der Waals surface area (Å²) in [5, 5.41) is 19.3. The van der Waals surface area contributed by atoms with E-state index in [-0.39, 0.29) is 5.92 Å². The summed E-state index contributed by atoms with van der Waals surface area (Å²) >= 11 is 0. The fraction of sp³-hybridized carbons (Fsp3) is 1.00. The highest BCUT2D eigenvalue weighted by Crippen LogP contribution is 2.20. The van der Waals surface area contributed by atoms with Gasteiger partial charge in [0.25, 0.3) is 0 Å². The standard InChI is InChI=1S/C10H22O3/c1-7(2)8(11)6-9(12)10(3,4)13-5/h7-9,11-12H,6H2,1-5H3. The highest BCUT2D eigenvalue weighted by Gasteiger charge is 2.29.